The summed E-state index contributed by atoms with van der Waals surface area (Å²) in [7, 11) is 0. The Labute approximate surface area is 186 Å². The number of H-pyrrole nitrogens is 1. The first-order valence-electron chi connectivity index (χ1n) is 9.69. The summed E-state index contributed by atoms with van der Waals surface area (Å²) in [5.41, 5.74) is -0.271. The zero-order valence-corrected chi connectivity index (χ0v) is 17.5. The number of furan rings is 1. The topological polar surface area (TPSA) is 108 Å². The van der Waals surface area contributed by atoms with Gasteiger partial charge in [0.05, 0.1) is 6.04 Å². The molecular weight excluding hydrogens is 440 g/mol. The van der Waals surface area contributed by atoms with Gasteiger partial charge in [0.1, 0.15) is 11.9 Å². The number of aromatic amines is 1. The first kappa shape index (κ1) is 21.9. The lowest BCUT2D eigenvalue weighted by Crippen LogP contribution is -2.33. The summed E-state index contributed by atoms with van der Waals surface area (Å²) >= 11 is 1.10. The minimum absolute atomic E-state index is 0.165. The number of carbonyl (C=O) groups is 1. The Morgan fingerprint density at radius 2 is 2.12 bits per heavy atom. The number of carbonyl (C=O) groups excluding carboxylic acids is 1. The lowest BCUT2D eigenvalue weighted by molar-refractivity contribution is -0.0929. The van der Waals surface area contributed by atoms with Crippen molar-refractivity contribution < 1.29 is 23.1 Å². The molecule has 1 saturated heterocycles. The lowest BCUT2D eigenvalue weighted by atomic mass is 10.0. The number of nitrogens with one attached hydrogen (secondary N) is 1. The van der Waals surface area contributed by atoms with Gasteiger partial charge in [-0.3, -0.25) is 4.79 Å². The van der Waals surface area contributed by atoms with Gasteiger partial charge in [0.2, 0.25) is 5.82 Å². The van der Waals surface area contributed by atoms with Crippen molar-refractivity contribution in [2.45, 2.75) is 18.1 Å². The number of thioether (sulfide) groups is 1. The zero-order chi connectivity index (χ0) is 22.6. The van der Waals surface area contributed by atoms with E-state index in [2.05, 4.69) is 20.6 Å². The summed E-state index contributed by atoms with van der Waals surface area (Å²) < 4.78 is 34.5. The van der Waals surface area contributed by atoms with Gasteiger partial charge in [-0.2, -0.15) is 8.78 Å². The molecule has 2 unspecified atom stereocenters. The number of alkyl halides is 2. The molecule has 2 N–H and O–H groups in total. The average Bonchev–Trinajstić information content (AvgIpc) is 3.55. The Hall–Kier alpha value is -3.31. The Kier molecular flexibility index (Phi) is 6.47. The molecule has 3 heterocycles. The fraction of sp³-hybridized carbons (Fsp3) is 0.238. The fourth-order valence-electron chi connectivity index (χ4n) is 3.14. The minimum Gasteiger partial charge on any atom is -0.453 e. The Bertz CT molecular complexity index is 1100. The average molecular weight is 459 g/mol. The molecule has 32 heavy (non-hydrogen) atoms. The third-order valence-corrected chi connectivity index (χ3v) is 5.84. The molecule has 0 saturated carbocycles. The van der Waals surface area contributed by atoms with Crippen LogP contribution < -0.4 is 0 Å². The number of hydrogen-bond acceptors (Lipinski definition) is 7. The number of rotatable bonds is 8. The predicted molar refractivity (Wildman–Crippen MR) is 115 cm³/mol. The van der Waals surface area contributed by atoms with E-state index in [4.69, 9.17) is 4.42 Å². The monoisotopic (exact) mass is 459 g/mol. The zero-order valence-electron chi connectivity index (χ0n) is 16.6. The Morgan fingerprint density at radius 1 is 1.31 bits per heavy atom. The molecule has 1 aliphatic rings. The van der Waals surface area contributed by atoms with Crippen molar-refractivity contribution in [2.24, 2.45) is 0 Å². The van der Waals surface area contributed by atoms with Crippen LogP contribution in [0.3, 0.4) is 0 Å². The molecule has 0 radical (unpaired) electrons. The van der Waals surface area contributed by atoms with E-state index in [0.29, 0.717) is 23.1 Å². The molecule has 0 aliphatic carbocycles. The molecule has 1 fully saturated rings. The van der Waals surface area contributed by atoms with Crippen LogP contribution in [-0.4, -0.2) is 60.3 Å². The number of halogens is 2. The van der Waals surface area contributed by atoms with E-state index in [1.165, 1.54) is 35.2 Å². The van der Waals surface area contributed by atoms with E-state index < -0.39 is 18.1 Å². The number of aliphatic hydroxyl groups is 1. The molecule has 4 rings (SSSR count). The number of aromatic nitrogens is 4. The number of benzene rings is 1. The molecule has 1 aliphatic heterocycles. The van der Waals surface area contributed by atoms with Gasteiger partial charge in [-0.25, -0.2) is 5.10 Å². The predicted octanol–water partition coefficient (Wildman–Crippen LogP) is 3.72. The maximum atomic E-state index is 14.5. The molecule has 11 heteroatoms. The van der Waals surface area contributed by atoms with Crippen LogP contribution in [0.2, 0.25) is 0 Å². The van der Waals surface area contributed by atoms with E-state index in [-0.39, 0.29) is 17.3 Å². The van der Waals surface area contributed by atoms with Gasteiger partial charge >= 0.3 is 5.92 Å². The van der Waals surface area contributed by atoms with Crippen LogP contribution in [0.5, 0.6) is 0 Å². The van der Waals surface area contributed by atoms with Gasteiger partial charge in [0.15, 0.2) is 5.76 Å². The van der Waals surface area contributed by atoms with Crippen LogP contribution in [0.1, 0.15) is 11.3 Å². The maximum absolute atomic E-state index is 14.5. The molecule has 1 aromatic carbocycles. The number of amides is 1. The van der Waals surface area contributed by atoms with Crippen LogP contribution in [0.4, 0.5) is 13.6 Å². The number of hydrogen-bond donors (Lipinski definition) is 2. The second-order valence-corrected chi connectivity index (χ2v) is 7.94. The first-order valence-corrected chi connectivity index (χ1v) is 10.7. The summed E-state index contributed by atoms with van der Waals surface area (Å²) in [6, 6.07) is 10.2. The molecular formula is C21H19F2N5O3S. The van der Waals surface area contributed by atoms with Crippen molar-refractivity contribution in [3.05, 3.63) is 72.0 Å². The maximum Gasteiger partial charge on any atom is 0.302 e. The second kappa shape index (κ2) is 9.45. The van der Waals surface area contributed by atoms with Crippen LogP contribution >= 0.6 is 11.8 Å². The van der Waals surface area contributed by atoms with Crippen molar-refractivity contribution in [1.29, 1.82) is 0 Å². The Balaban J connectivity index is 1.38. The summed E-state index contributed by atoms with van der Waals surface area (Å²) in [6.07, 6.45) is 3.94. The van der Waals surface area contributed by atoms with Crippen LogP contribution in [0.25, 0.3) is 17.7 Å². The normalized spacial score (nSPS) is 18.3. The standard InChI is InChI=1S/C21H19F2N5O3S/c22-21(23,14-5-2-1-3-6-14)18(29)11-8-15-13-32-20(30)28(15)12-4-7-16-9-10-17(31-16)19-24-26-27-25-19/h1-11,15,18,29H,12-13H2,(H,24,25,26,27)/b7-4+,11-8+. The van der Waals surface area contributed by atoms with Gasteiger partial charge in [-0.1, -0.05) is 60.3 Å². The second-order valence-electron chi connectivity index (χ2n) is 6.97. The SMILES string of the molecule is O=C1SCC(/C=C/C(O)C(F)(F)c2ccccc2)N1C/C=C/c1ccc(-c2nnn[nH]2)o1. The van der Waals surface area contributed by atoms with Crippen molar-refractivity contribution in [3.63, 3.8) is 0 Å². The molecule has 8 nitrogen and oxygen atoms in total. The van der Waals surface area contributed by atoms with Crippen LogP contribution in [0.15, 0.2) is 65.1 Å². The Morgan fingerprint density at radius 3 is 2.88 bits per heavy atom. The number of nitrogens with zero attached hydrogens (tertiary/aromatic N) is 4. The van der Waals surface area contributed by atoms with Gasteiger partial charge in [-0.05, 0) is 28.6 Å². The van der Waals surface area contributed by atoms with Gasteiger partial charge in [-0.15, -0.1) is 5.10 Å². The van der Waals surface area contributed by atoms with Crippen molar-refractivity contribution in [2.75, 3.05) is 12.3 Å². The third-order valence-electron chi connectivity index (χ3n) is 4.85. The van der Waals surface area contributed by atoms with Gasteiger partial charge in [0, 0.05) is 17.9 Å². The highest BCUT2D eigenvalue weighted by Gasteiger charge is 2.39. The molecule has 1 amide bonds. The van der Waals surface area contributed by atoms with E-state index in [1.54, 1.807) is 30.4 Å². The van der Waals surface area contributed by atoms with Gasteiger partial charge in [0.25, 0.3) is 5.24 Å². The van der Waals surface area contributed by atoms with Crippen molar-refractivity contribution in [1.82, 2.24) is 25.5 Å². The van der Waals surface area contributed by atoms with Crippen molar-refractivity contribution >= 4 is 23.1 Å². The smallest absolute Gasteiger partial charge is 0.302 e. The highest BCUT2D eigenvalue weighted by molar-refractivity contribution is 8.13. The third kappa shape index (κ3) is 4.78. The van der Waals surface area contributed by atoms with Crippen LogP contribution in [-0.2, 0) is 5.92 Å². The molecule has 166 valence electrons. The van der Waals surface area contributed by atoms with E-state index in [1.807, 2.05) is 0 Å². The molecule has 2 atom stereocenters. The molecule has 2 aromatic heterocycles. The van der Waals surface area contributed by atoms with E-state index >= 15 is 0 Å². The van der Waals surface area contributed by atoms with Gasteiger partial charge < -0.3 is 14.4 Å². The summed E-state index contributed by atoms with van der Waals surface area (Å²) in [5.74, 6) is -1.62. The first-order chi connectivity index (χ1) is 15.4. The number of tetrazole rings is 1. The molecule has 0 spiro atoms. The highest BCUT2D eigenvalue weighted by Crippen LogP contribution is 2.33. The fourth-order valence-corrected chi connectivity index (χ4v) is 4.12. The summed E-state index contributed by atoms with van der Waals surface area (Å²) in [6.45, 7) is 0.256. The largest absolute Gasteiger partial charge is 0.453 e. The van der Waals surface area contributed by atoms with E-state index in [9.17, 15) is 18.7 Å². The molecule has 3 aromatic rings. The number of aliphatic hydroxyl groups excluding tert-OH is 1. The minimum atomic E-state index is -3.44. The lowest BCUT2D eigenvalue weighted by Gasteiger charge is -2.22. The van der Waals surface area contributed by atoms with Crippen molar-refractivity contribution in [3.8, 4) is 11.6 Å². The van der Waals surface area contributed by atoms with Crippen LogP contribution in [0, 0.1) is 0 Å². The summed E-state index contributed by atoms with van der Waals surface area (Å²) in [5, 5.41) is 23.2. The van der Waals surface area contributed by atoms with E-state index in [0.717, 1.165) is 17.8 Å². The quantitative estimate of drug-likeness (QED) is 0.494. The molecule has 0 bridgehead atoms. The highest BCUT2D eigenvalue weighted by atomic mass is 32.2. The summed E-state index contributed by atoms with van der Waals surface area (Å²) in [4.78, 5) is 13.7.